The van der Waals surface area contributed by atoms with Crippen molar-refractivity contribution in [3.05, 3.63) is 17.4 Å². The standard InChI is InChI=1S/C17H25ClN4O3/c1-3-4-13(2)22-12-17(25-16(22)24)5-7-20(8-6-17)15(23)11-21-10-14(18)9-19-21/h9-10,13H,3-8,11-12H2,1-2H3/t13-/m1/s1. The number of piperidine rings is 1. The highest BCUT2D eigenvalue weighted by Gasteiger charge is 2.48. The van der Waals surface area contributed by atoms with Crippen LogP contribution in [0.25, 0.3) is 0 Å². The number of likely N-dealkylation sites (tertiary alicyclic amines) is 1. The Kier molecular flexibility index (Phi) is 5.22. The van der Waals surface area contributed by atoms with Crippen LogP contribution in [-0.4, -0.2) is 62.9 Å². The molecule has 0 unspecified atom stereocenters. The summed E-state index contributed by atoms with van der Waals surface area (Å²) >= 11 is 5.83. The molecule has 0 bridgehead atoms. The molecule has 138 valence electrons. The first-order valence-electron chi connectivity index (χ1n) is 8.88. The van der Waals surface area contributed by atoms with E-state index in [1.165, 1.54) is 6.20 Å². The van der Waals surface area contributed by atoms with Crippen LogP contribution in [0.2, 0.25) is 5.02 Å². The van der Waals surface area contributed by atoms with Crippen molar-refractivity contribution in [1.29, 1.82) is 0 Å². The minimum absolute atomic E-state index is 0.00940. The van der Waals surface area contributed by atoms with Crippen molar-refractivity contribution in [1.82, 2.24) is 19.6 Å². The molecule has 1 aromatic heterocycles. The summed E-state index contributed by atoms with van der Waals surface area (Å²) in [5, 5.41) is 4.56. The van der Waals surface area contributed by atoms with Gasteiger partial charge in [-0.1, -0.05) is 24.9 Å². The second-order valence-electron chi connectivity index (χ2n) is 7.05. The third-order valence-corrected chi connectivity index (χ3v) is 5.36. The van der Waals surface area contributed by atoms with Crippen LogP contribution in [0.5, 0.6) is 0 Å². The number of amides is 2. The van der Waals surface area contributed by atoms with Crippen LogP contribution in [-0.2, 0) is 16.1 Å². The van der Waals surface area contributed by atoms with Crippen LogP contribution in [0.15, 0.2) is 12.4 Å². The van der Waals surface area contributed by atoms with Gasteiger partial charge in [0.1, 0.15) is 12.1 Å². The predicted molar refractivity (Wildman–Crippen MR) is 93.3 cm³/mol. The zero-order valence-corrected chi connectivity index (χ0v) is 15.5. The van der Waals surface area contributed by atoms with Crippen LogP contribution >= 0.6 is 11.6 Å². The highest BCUT2D eigenvalue weighted by molar-refractivity contribution is 6.30. The highest BCUT2D eigenvalue weighted by Crippen LogP contribution is 2.34. The fourth-order valence-electron chi connectivity index (χ4n) is 3.65. The molecule has 1 aromatic rings. The number of ether oxygens (including phenoxy) is 1. The Labute approximate surface area is 152 Å². The number of carbonyl (C=O) groups excluding carboxylic acids is 2. The Morgan fingerprint density at radius 2 is 2.16 bits per heavy atom. The van der Waals surface area contributed by atoms with Gasteiger partial charge in [0.2, 0.25) is 5.91 Å². The van der Waals surface area contributed by atoms with Gasteiger partial charge in [0.15, 0.2) is 0 Å². The molecule has 1 spiro atoms. The van der Waals surface area contributed by atoms with E-state index >= 15 is 0 Å². The van der Waals surface area contributed by atoms with Crippen molar-refractivity contribution in [2.24, 2.45) is 0 Å². The Balaban J connectivity index is 1.54. The predicted octanol–water partition coefficient (Wildman–Crippen LogP) is 2.54. The van der Waals surface area contributed by atoms with Crippen LogP contribution in [0.3, 0.4) is 0 Å². The SMILES string of the molecule is CCC[C@@H](C)N1CC2(CCN(C(=O)Cn3cc(Cl)cn3)CC2)OC1=O. The van der Waals surface area contributed by atoms with E-state index < -0.39 is 5.60 Å². The summed E-state index contributed by atoms with van der Waals surface area (Å²) in [5.74, 6) is 0.00940. The zero-order chi connectivity index (χ0) is 18.0. The smallest absolute Gasteiger partial charge is 0.410 e. The van der Waals surface area contributed by atoms with Gasteiger partial charge in [-0.2, -0.15) is 5.10 Å². The summed E-state index contributed by atoms with van der Waals surface area (Å²) in [7, 11) is 0. The largest absolute Gasteiger partial charge is 0.441 e. The van der Waals surface area contributed by atoms with Crippen molar-refractivity contribution in [2.45, 2.75) is 57.7 Å². The molecular formula is C17H25ClN4O3. The fourth-order valence-corrected chi connectivity index (χ4v) is 3.80. The van der Waals surface area contributed by atoms with Gasteiger partial charge < -0.3 is 14.5 Å². The average molecular weight is 369 g/mol. The number of hydrogen-bond acceptors (Lipinski definition) is 4. The van der Waals surface area contributed by atoms with Gasteiger partial charge in [-0.05, 0) is 13.3 Å². The average Bonchev–Trinajstić information content (AvgIpc) is 3.12. The molecular weight excluding hydrogens is 344 g/mol. The third-order valence-electron chi connectivity index (χ3n) is 5.16. The lowest BCUT2D eigenvalue weighted by molar-refractivity contribution is -0.135. The van der Waals surface area contributed by atoms with Crippen molar-refractivity contribution in [3.8, 4) is 0 Å². The summed E-state index contributed by atoms with van der Waals surface area (Å²) in [4.78, 5) is 28.3. The van der Waals surface area contributed by atoms with Gasteiger partial charge in [-0.15, -0.1) is 0 Å². The Hall–Kier alpha value is -1.76. The highest BCUT2D eigenvalue weighted by atomic mass is 35.5. The van der Waals surface area contributed by atoms with E-state index in [-0.39, 0.29) is 24.6 Å². The lowest BCUT2D eigenvalue weighted by Crippen LogP contribution is -2.49. The zero-order valence-electron chi connectivity index (χ0n) is 14.8. The number of rotatable bonds is 5. The molecule has 7 nitrogen and oxygen atoms in total. The minimum atomic E-state index is -0.440. The van der Waals surface area contributed by atoms with E-state index in [1.807, 2.05) is 9.80 Å². The van der Waals surface area contributed by atoms with E-state index in [0.29, 0.717) is 37.5 Å². The first kappa shape index (κ1) is 18.0. The number of hydrogen-bond donors (Lipinski definition) is 0. The van der Waals surface area contributed by atoms with E-state index in [1.54, 1.807) is 10.9 Å². The second-order valence-corrected chi connectivity index (χ2v) is 7.49. The van der Waals surface area contributed by atoms with Crippen molar-refractivity contribution >= 4 is 23.6 Å². The second kappa shape index (κ2) is 7.23. The van der Waals surface area contributed by atoms with Gasteiger partial charge in [0.05, 0.1) is 17.8 Å². The van der Waals surface area contributed by atoms with Gasteiger partial charge in [0.25, 0.3) is 0 Å². The Morgan fingerprint density at radius 3 is 2.76 bits per heavy atom. The van der Waals surface area contributed by atoms with Crippen LogP contribution in [0.1, 0.15) is 39.5 Å². The maximum Gasteiger partial charge on any atom is 0.410 e. The summed E-state index contributed by atoms with van der Waals surface area (Å²) < 4.78 is 7.27. The molecule has 2 saturated heterocycles. The van der Waals surface area contributed by atoms with E-state index in [9.17, 15) is 9.59 Å². The molecule has 3 heterocycles. The van der Waals surface area contributed by atoms with Gasteiger partial charge in [-0.3, -0.25) is 9.48 Å². The van der Waals surface area contributed by atoms with Crippen molar-refractivity contribution in [3.63, 3.8) is 0 Å². The maximum atomic E-state index is 12.4. The maximum absolute atomic E-state index is 12.4. The van der Waals surface area contributed by atoms with Crippen LogP contribution in [0.4, 0.5) is 4.79 Å². The lowest BCUT2D eigenvalue weighted by atomic mass is 9.91. The van der Waals surface area contributed by atoms with Gasteiger partial charge >= 0.3 is 6.09 Å². The fraction of sp³-hybridized carbons (Fsp3) is 0.706. The molecule has 0 N–H and O–H groups in total. The number of carbonyl (C=O) groups is 2. The summed E-state index contributed by atoms with van der Waals surface area (Å²) in [5.41, 5.74) is -0.440. The Bertz CT molecular complexity index is 640. The summed E-state index contributed by atoms with van der Waals surface area (Å²) in [6, 6.07) is 0.195. The molecule has 2 fully saturated rings. The van der Waals surface area contributed by atoms with E-state index in [0.717, 1.165) is 12.8 Å². The quantitative estimate of drug-likeness (QED) is 0.801. The molecule has 2 aliphatic rings. The van der Waals surface area contributed by atoms with Gasteiger partial charge in [0, 0.05) is 38.2 Å². The van der Waals surface area contributed by atoms with E-state index in [2.05, 4.69) is 18.9 Å². The topological polar surface area (TPSA) is 67.7 Å². The molecule has 0 aromatic carbocycles. The number of nitrogens with zero attached hydrogens (tertiary/aromatic N) is 4. The summed E-state index contributed by atoms with van der Waals surface area (Å²) in [6.45, 7) is 6.18. The first-order valence-corrected chi connectivity index (χ1v) is 9.25. The Morgan fingerprint density at radius 1 is 1.44 bits per heavy atom. The third kappa shape index (κ3) is 3.92. The monoisotopic (exact) mass is 368 g/mol. The summed E-state index contributed by atoms with van der Waals surface area (Å²) in [6.07, 6.45) is 6.31. The first-order chi connectivity index (χ1) is 11.9. The molecule has 8 heteroatoms. The minimum Gasteiger partial charge on any atom is -0.441 e. The van der Waals surface area contributed by atoms with Crippen molar-refractivity contribution in [2.75, 3.05) is 19.6 Å². The van der Waals surface area contributed by atoms with Gasteiger partial charge in [-0.25, -0.2) is 4.79 Å². The van der Waals surface area contributed by atoms with Crippen LogP contribution < -0.4 is 0 Å². The molecule has 0 radical (unpaired) electrons. The molecule has 25 heavy (non-hydrogen) atoms. The molecule has 1 atom stereocenters. The van der Waals surface area contributed by atoms with Crippen molar-refractivity contribution < 1.29 is 14.3 Å². The molecule has 0 saturated carbocycles. The molecule has 2 amide bonds. The number of halogens is 1. The number of aromatic nitrogens is 2. The normalized spacial score (nSPS) is 20.8. The lowest BCUT2D eigenvalue weighted by Gasteiger charge is -2.37. The molecule has 0 aliphatic carbocycles. The van der Waals surface area contributed by atoms with E-state index in [4.69, 9.17) is 16.3 Å². The molecule has 3 rings (SSSR count). The van der Waals surface area contributed by atoms with Crippen LogP contribution in [0, 0.1) is 0 Å². The molecule has 2 aliphatic heterocycles.